The van der Waals surface area contributed by atoms with Gasteiger partial charge in [0.2, 0.25) is 0 Å². The summed E-state index contributed by atoms with van der Waals surface area (Å²) in [5, 5.41) is 5.41. The number of fused-ring (bicyclic) bond motifs is 1. The molecule has 174 valence electrons. The van der Waals surface area contributed by atoms with Crippen molar-refractivity contribution in [3.8, 4) is 0 Å². The maximum atomic E-state index is 13.5. The standard InChI is InChI=1S/C27H27FN4O2/c28-21-8-5-9-22(16-21)29-27(34)30-23-10-11-25(24(17-23)26(33)31-13-3-4-14-31)32-15-12-19-6-1-2-7-20(19)18-32/h1-2,5-11,16-17H,3-4,12-15,18H2,(H2,29,30,34). The van der Waals surface area contributed by atoms with Crippen LogP contribution in [-0.4, -0.2) is 36.5 Å². The third kappa shape index (κ3) is 4.73. The van der Waals surface area contributed by atoms with Gasteiger partial charge in [0.25, 0.3) is 5.91 Å². The first-order valence-electron chi connectivity index (χ1n) is 11.7. The van der Waals surface area contributed by atoms with Gasteiger partial charge in [-0.1, -0.05) is 30.3 Å². The van der Waals surface area contributed by atoms with Crippen molar-refractivity contribution in [1.82, 2.24) is 4.90 Å². The first-order chi connectivity index (χ1) is 16.6. The maximum absolute atomic E-state index is 13.5. The number of rotatable bonds is 4. The van der Waals surface area contributed by atoms with Gasteiger partial charge >= 0.3 is 6.03 Å². The monoisotopic (exact) mass is 458 g/mol. The fourth-order valence-electron chi connectivity index (χ4n) is 4.71. The highest BCUT2D eigenvalue weighted by molar-refractivity contribution is 6.04. The van der Waals surface area contributed by atoms with Crippen LogP contribution >= 0.6 is 0 Å². The van der Waals surface area contributed by atoms with E-state index >= 15 is 0 Å². The third-order valence-electron chi connectivity index (χ3n) is 6.43. The summed E-state index contributed by atoms with van der Waals surface area (Å²) >= 11 is 0. The van der Waals surface area contributed by atoms with Gasteiger partial charge in [0.1, 0.15) is 5.82 Å². The highest BCUT2D eigenvalue weighted by Gasteiger charge is 2.26. The van der Waals surface area contributed by atoms with E-state index in [0.717, 1.165) is 51.1 Å². The highest BCUT2D eigenvalue weighted by Crippen LogP contribution is 2.31. The molecule has 0 atom stereocenters. The topological polar surface area (TPSA) is 64.7 Å². The zero-order valence-electron chi connectivity index (χ0n) is 18.9. The molecular weight excluding hydrogens is 431 g/mol. The van der Waals surface area contributed by atoms with E-state index in [1.807, 2.05) is 23.1 Å². The molecule has 2 N–H and O–H groups in total. The largest absolute Gasteiger partial charge is 0.366 e. The summed E-state index contributed by atoms with van der Waals surface area (Å²) in [6.07, 6.45) is 2.93. The summed E-state index contributed by atoms with van der Waals surface area (Å²) in [5.41, 5.74) is 4.95. The van der Waals surface area contributed by atoms with Crippen LogP contribution in [0.3, 0.4) is 0 Å². The fraction of sp³-hybridized carbons (Fsp3) is 0.259. The van der Waals surface area contributed by atoms with Crippen LogP contribution in [0.25, 0.3) is 0 Å². The summed E-state index contributed by atoms with van der Waals surface area (Å²) in [5.74, 6) is -0.440. The van der Waals surface area contributed by atoms with Crippen molar-refractivity contribution in [2.24, 2.45) is 0 Å². The predicted molar refractivity (Wildman–Crippen MR) is 132 cm³/mol. The Morgan fingerprint density at radius 2 is 1.53 bits per heavy atom. The molecule has 6 nitrogen and oxygen atoms in total. The lowest BCUT2D eigenvalue weighted by Crippen LogP contribution is -2.34. The molecule has 3 aromatic carbocycles. The number of carbonyl (C=O) groups excluding carboxylic acids is 2. The molecule has 34 heavy (non-hydrogen) atoms. The minimum absolute atomic E-state index is 0.0134. The molecule has 1 saturated heterocycles. The molecule has 0 saturated carbocycles. The molecule has 0 bridgehead atoms. The number of nitrogens with one attached hydrogen (secondary N) is 2. The zero-order chi connectivity index (χ0) is 23.5. The van der Waals surface area contributed by atoms with Crippen LogP contribution in [0.15, 0.2) is 66.7 Å². The summed E-state index contributed by atoms with van der Waals surface area (Å²) in [6.45, 7) is 3.06. The van der Waals surface area contributed by atoms with Crippen molar-refractivity contribution in [2.75, 3.05) is 35.2 Å². The second-order valence-electron chi connectivity index (χ2n) is 8.76. The van der Waals surface area contributed by atoms with Crippen molar-refractivity contribution >= 4 is 29.0 Å². The number of benzene rings is 3. The minimum atomic E-state index is -0.496. The van der Waals surface area contributed by atoms with Crippen molar-refractivity contribution in [1.29, 1.82) is 0 Å². The molecule has 3 aromatic rings. The summed E-state index contributed by atoms with van der Waals surface area (Å²) in [7, 11) is 0. The lowest BCUT2D eigenvalue weighted by molar-refractivity contribution is 0.0793. The minimum Gasteiger partial charge on any atom is -0.366 e. The Bertz CT molecular complexity index is 1220. The van der Waals surface area contributed by atoms with Crippen molar-refractivity contribution in [3.63, 3.8) is 0 Å². The lowest BCUT2D eigenvalue weighted by Gasteiger charge is -2.33. The molecular formula is C27H27FN4O2. The van der Waals surface area contributed by atoms with E-state index in [9.17, 15) is 14.0 Å². The average Bonchev–Trinajstić information content (AvgIpc) is 3.38. The van der Waals surface area contributed by atoms with E-state index in [4.69, 9.17) is 0 Å². The van der Waals surface area contributed by atoms with Gasteiger partial charge in [-0.3, -0.25) is 4.79 Å². The van der Waals surface area contributed by atoms with Gasteiger partial charge in [0, 0.05) is 43.2 Å². The van der Waals surface area contributed by atoms with E-state index in [-0.39, 0.29) is 5.91 Å². The van der Waals surface area contributed by atoms with Crippen LogP contribution in [0.4, 0.5) is 26.2 Å². The van der Waals surface area contributed by atoms with Gasteiger partial charge in [0.15, 0.2) is 0 Å². The molecule has 2 aliphatic rings. The molecule has 3 amide bonds. The zero-order valence-corrected chi connectivity index (χ0v) is 18.9. The number of likely N-dealkylation sites (tertiary alicyclic amines) is 1. The number of nitrogens with zero attached hydrogens (tertiary/aromatic N) is 2. The van der Waals surface area contributed by atoms with Crippen molar-refractivity contribution < 1.29 is 14.0 Å². The number of amides is 3. The molecule has 0 aliphatic carbocycles. The van der Waals surface area contributed by atoms with E-state index < -0.39 is 11.8 Å². The summed E-state index contributed by atoms with van der Waals surface area (Å²) in [6, 6.07) is 19.1. The predicted octanol–water partition coefficient (Wildman–Crippen LogP) is 5.27. The van der Waals surface area contributed by atoms with Gasteiger partial charge in [-0.15, -0.1) is 0 Å². The smallest absolute Gasteiger partial charge is 0.323 e. The number of urea groups is 1. The number of anilines is 3. The van der Waals surface area contributed by atoms with Crippen LogP contribution in [0.2, 0.25) is 0 Å². The Hall–Kier alpha value is -3.87. The van der Waals surface area contributed by atoms with E-state index in [0.29, 0.717) is 16.9 Å². The second-order valence-corrected chi connectivity index (χ2v) is 8.76. The molecule has 0 aromatic heterocycles. The number of carbonyl (C=O) groups is 2. The normalized spacial score (nSPS) is 15.1. The third-order valence-corrected chi connectivity index (χ3v) is 6.43. The van der Waals surface area contributed by atoms with Gasteiger partial charge in [0.05, 0.1) is 5.56 Å². The molecule has 2 heterocycles. The van der Waals surface area contributed by atoms with E-state index in [1.165, 1.54) is 29.3 Å². The lowest BCUT2D eigenvalue weighted by atomic mass is 9.98. The number of hydrogen-bond acceptors (Lipinski definition) is 3. The molecule has 0 spiro atoms. The first kappa shape index (κ1) is 21.9. The van der Waals surface area contributed by atoms with Gasteiger partial charge in [-0.05, 0) is 66.8 Å². The Morgan fingerprint density at radius 3 is 2.29 bits per heavy atom. The maximum Gasteiger partial charge on any atom is 0.323 e. The molecule has 2 aliphatic heterocycles. The SMILES string of the molecule is O=C(Nc1cccc(F)c1)Nc1ccc(N2CCc3ccccc3C2)c(C(=O)N2CCCC2)c1. The van der Waals surface area contributed by atoms with E-state index in [1.54, 1.807) is 12.1 Å². The fourth-order valence-corrected chi connectivity index (χ4v) is 4.71. The average molecular weight is 459 g/mol. The molecule has 1 fully saturated rings. The quantitative estimate of drug-likeness (QED) is 0.560. The highest BCUT2D eigenvalue weighted by atomic mass is 19.1. The second kappa shape index (κ2) is 9.55. The Kier molecular flexibility index (Phi) is 6.16. The van der Waals surface area contributed by atoms with Crippen LogP contribution in [0.5, 0.6) is 0 Å². The molecule has 7 heteroatoms. The Balaban J connectivity index is 1.40. The Labute approximate surface area is 198 Å². The van der Waals surface area contributed by atoms with E-state index in [2.05, 4.69) is 33.7 Å². The Morgan fingerprint density at radius 1 is 0.794 bits per heavy atom. The van der Waals surface area contributed by atoms with Crippen LogP contribution in [0, 0.1) is 5.82 Å². The molecule has 0 unspecified atom stereocenters. The van der Waals surface area contributed by atoms with Gasteiger partial charge < -0.3 is 20.4 Å². The van der Waals surface area contributed by atoms with Crippen molar-refractivity contribution in [2.45, 2.75) is 25.8 Å². The van der Waals surface area contributed by atoms with Gasteiger partial charge in [-0.25, -0.2) is 9.18 Å². The first-order valence-corrected chi connectivity index (χ1v) is 11.7. The van der Waals surface area contributed by atoms with Crippen molar-refractivity contribution in [3.05, 3.63) is 89.2 Å². The van der Waals surface area contributed by atoms with Crippen LogP contribution < -0.4 is 15.5 Å². The molecule has 0 radical (unpaired) electrons. The number of halogens is 1. The van der Waals surface area contributed by atoms with Gasteiger partial charge in [-0.2, -0.15) is 0 Å². The van der Waals surface area contributed by atoms with Crippen LogP contribution in [-0.2, 0) is 13.0 Å². The summed E-state index contributed by atoms with van der Waals surface area (Å²) in [4.78, 5) is 30.1. The summed E-state index contributed by atoms with van der Waals surface area (Å²) < 4.78 is 13.4. The van der Waals surface area contributed by atoms with Crippen LogP contribution in [0.1, 0.15) is 34.3 Å². The molecule has 5 rings (SSSR count). The number of hydrogen-bond donors (Lipinski definition) is 2.